The van der Waals surface area contributed by atoms with Gasteiger partial charge < -0.3 is 10.2 Å². The molecule has 0 saturated heterocycles. The normalized spacial score (nSPS) is 10.6. The first kappa shape index (κ1) is 12.7. The highest BCUT2D eigenvalue weighted by molar-refractivity contribution is 5.91. The Morgan fingerprint density at radius 3 is 2.25 bits per heavy atom. The molecule has 16 heavy (non-hydrogen) atoms. The van der Waals surface area contributed by atoms with Crippen LogP contribution < -0.4 is 5.32 Å². The Balaban J connectivity index is 2.56. The lowest BCUT2D eigenvalue weighted by atomic mass is 10.1. The molecule has 0 aliphatic carbocycles. The molecule has 0 unspecified atom stereocenters. The van der Waals surface area contributed by atoms with E-state index in [1.165, 1.54) is 11.1 Å². The van der Waals surface area contributed by atoms with Crippen LogP contribution in [0.1, 0.15) is 17.5 Å². The zero-order valence-electron chi connectivity index (χ0n) is 10.5. The van der Waals surface area contributed by atoms with Crippen LogP contribution in [0.15, 0.2) is 18.2 Å². The number of amides is 1. The molecule has 0 bridgehead atoms. The van der Waals surface area contributed by atoms with Crippen LogP contribution in [-0.4, -0.2) is 31.4 Å². The van der Waals surface area contributed by atoms with Gasteiger partial charge in [-0.05, 0) is 51.2 Å². The summed E-state index contributed by atoms with van der Waals surface area (Å²) in [4.78, 5) is 13.6. The fraction of sp³-hybridized carbons (Fsp3) is 0.462. The zero-order valence-corrected chi connectivity index (χ0v) is 10.5. The van der Waals surface area contributed by atoms with Crippen molar-refractivity contribution in [3.8, 4) is 0 Å². The van der Waals surface area contributed by atoms with Gasteiger partial charge in [0.05, 0.1) is 0 Å². The third-order valence-corrected chi connectivity index (χ3v) is 2.29. The number of aryl methyl sites for hydroxylation is 2. The van der Waals surface area contributed by atoms with Crippen molar-refractivity contribution >= 4 is 11.6 Å². The van der Waals surface area contributed by atoms with Crippen molar-refractivity contribution in [1.29, 1.82) is 0 Å². The van der Waals surface area contributed by atoms with Gasteiger partial charge in [-0.1, -0.05) is 6.07 Å². The third kappa shape index (κ3) is 4.45. The van der Waals surface area contributed by atoms with Crippen LogP contribution in [0, 0.1) is 13.8 Å². The summed E-state index contributed by atoms with van der Waals surface area (Å²) in [6.45, 7) is 4.83. The molecule has 88 valence electrons. The maximum Gasteiger partial charge on any atom is 0.225 e. The van der Waals surface area contributed by atoms with E-state index in [2.05, 4.69) is 11.4 Å². The van der Waals surface area contributed by atoms with Crippen molar-refractivity contribution in [1.82, 2.24) is 4.90 Å². The van der Waals surface area contributed by atoms with Crippen molar-refractivity contribution < 1.29 is 4.79 Å². The lowest BCUT2D eigenvalue weighted by Crippen LogP contribution is -2.20. The van der Waals surface area contributed by atoms with E-state index < -0.39 is 0 Å². The maximum absolute atomic E-state index is 11.6. The molecule has 1 aromatic carbocycles. The van der Waals surface area contributed by atoms with Crippen molar-refractivity contribution in [3.63, 3.8) is 0 Å². The highest BCUT2D eigenvalue weighted by Gasteiger charge is 2.03. The number of hydrogen-bond acceptors (Lipinski definition) is 2. The largest absolute Gasteiger partial charge is 0.326 e. The highest BCUT2D eigenvalue weighted by atomic mass is 16.1. The molecule has 0 heterocycles. The highest BCUT2D eigenvalue weighted by Crippen LogP contribution is 2.13. The van der Waals surface area contributed by atoms with Crippen LogP contribution in [0.25, 0.3) is 0 Å². The van der Waals surface area contributed by atoms with Gasteiger partial charge in [0.1, 0.15) is 0 Å². The van der Waals surface area contributed by atoms with Gasteiger partial charge >= 0.3 is 0 Å². The van der Waals surface area contributed by atoms with E-state index >= 15 is 0 Å². The Morgan fingerprint density at radius 2 is 1.75 bits per heavy atom. The standard InChI is InChI=1S/C13H20N2O/c1-10-7-11(2)9-12(8-10)14-13(16)5-6-15(3)4/h7-9H,5-6H2,1-4H3,(H,14,16). The van der Waals surface area contributed by atoms with Crippen molar-refractivity contribution in [2.24, 2.45) is 0 Å². The molecule has 0 spiro atoms. The lowest BCUT2D eigenvalue weighted by Gasteiger charge is -2.10. The van der Waals surface area contributed by atoms with Crippen LogP contribution in [0.5, 0.6) is 0 Å². The van der Waals surface area contributed by atoms with E-state index in [4.69, 9.17) is 0 Å². The van der Waals surface area contributed by atoms with Crippen LogP contribution >= 0.6 is 0 Å². The average Bonchev–Trinajstić information content (AvgIpc) is 2.12. The van der Waals surface area contributed by atoms with Gasteiger partial charge in [-0.15, -0.1) is 0 Å². The van der Waals surface area contributed by atoms with Crippen molar-refractivity contribution in [3.05, 3.63) is 29.3 Å². The van der Waals surface area contributed by atoms with Gasteiger partial charge in [-0.3, -0.25) is 4.79 Å². The number of anilines is 1. The summed E-state index contributed by atoms with van der Waals surface area (Å²) in [6.07, 6.45) is 0.528. The first-order valence-corrected chi connectivity index (χ1v) is 5.50. The van der Waals surface area contributed by atoms with Gasteiger partial charge in [0.25, 0.3) is 0 Å². The fourth-order valence-electron chi connectivity index (χ4n) is 1.60. The monoisotopic (exact) mass is 220 g/mol. The molecule has 0 aliphatic rings. The Hall–Kier alpha value is -1.35. The molecule has 1 N–H and O–H groups in total. The molecule has 0 aliphatic heterocycles. The molecule has 3 heteroatoms. The maximum atomic E-state index is 11.6. The van der Waals surface area contributed by atoms with Crippen LogP contribution in [0.2, 0.25) is 0 Å². The molecule has 1 aromatic rings. The number of hydrogen-bond donors (Lipinski definition) is 1. The molecule has 0 radical (unpaired) electrons. The summed E-state index contributed by atoms with van der Waals surface area (Å²) in [5.41, 5.74) is 3.23. The molecule has 0 atom stereocenters. The summed E-state index contributed by atoms with van der Waals surface area (Å²) < 4.78 is 0. The second-order valence-corrected chi connectivity index (χ2v) is 4.48. The second-order valence-electron chi connectivity index (χ2n) is 4.48. The summed E-state index contributed by atoms with van der Waals surface area (Å²) in [6, 6.07) is 6.07. The first-order chi connectivity index (χ1) is 7.47. The minimum atomic E-state index is 0.0682. The topological polar surface area (TPSA) is 32.3 Å². The van der Waals surface area contributed by atoms with Gasteiger partial charge in [-0.2, -0.15) is 0 Å². The Labute approximate surface area is 97.5 Å². The van der Waals surface area contributed by atoms with E-state index in [1.807, 2.05) is 45.0 Å². The molecular formula is C13H20N2O. The van der Waals surface area contributed by atoms with Crippen molar-refractivity contribution in [2.75, 3.05) is 26.0 Å². The SMILES string of the molecule is Cc1cc(C)cc(NC(=O)CCN(C)C)c1. The van der Waals surface area contributed by atoms with E-state index in [0.29, 0.717) is 6.42 Å². The number of carbonyl (C=O) groups excluding carboxylic acids is 1. The average molecular weight is 220 g/mol. The number of benzene rings is 1. The zero-order chi connectivity index (χ0) is 12.1. The Bertz CT molecular complexity index is 352. The van der Waals surface area contributed by atoms with E-state index in [0.717, 1.165) is 12.2 Å². The Morgan fingerprint density at radius 1 is 1.19 bits per heavy atom. The summed E-state index contributed by atoms with van der Waals surface area (Å²) in [5, 5.41) is 2.91. The van der Waals surface area contributed by atoms with Crippen LogP contribution in [0.3, 0.4) is 0 Å². The number of carbonyl (C=O) groups is 1. The summed E-state index contributed by atoms with van der Waals surface area (Å²) in [5.74, 6) is 0.0682. The molecule has 0 saturated carbocycles. The second kappa shape index (κ2) is 5.66. The van der Waals surface area contributed by atoms with E-state index in [9.17, 15) is 4.79 Å². The van der Waals surface area contributed by atoms with Crippen LogP contribution in [-0.2, 0) is 4.79 Å². The first-order valence-electron chi connectivity index (χ1n) is 5.50. The molecule has 1 amide bonds. The molecule has 0 aromatic heterocycles. The van der Waals surface area contributed by atoms with Gasteiger partial charge in [-0.25, -0.2) is 0 Å². The molecule has 0 fully saturated rings. The minimum Gasteiger partial charge on any atom is -0.326 e. The molecular weight excluding hydrogens is 200 g/mol. The van der Waals surface area contributed by atoms with Gasteiger partial charge in [0.15, 0.2) is 0 Å². The fourth-order valence-corrected chi connectivity index (χ4v) is 1.60. The summed E-state index contributed by atoms with van der Waals surface area (Å²) >= 11 is 0. The number of nitrogens with zero attached hydrogens (tertiary/aromatic N) is 1. The third-order valence-electron chi connectivity index (χ3n) is 2.29. The lowest BCUT2D eigenvalue weighted by molar-refractivity contribution is -0.116. The minimum absolute atomic E-state index is 0.0682. The van der Waals surface area contributed by atoms with Crippen LogP contribution in [0.4, 0.5) is 5.69 Å². The molecule has 3 nitrogen and oxygen atoms in total. The van der Waals surface area contributed by atoms with E-state index in [-0.39, 0.29) is 5.91 Å². The number of rotatable bonds is 4. The molecule has 1 rings (SSSR count). The van der Waals surface area contributed by atoms with Crippen molar-refractivity contribution in [2.45, 2.75) is 20.3 Å². The summed E-state index contributed by atoms with van der Waals surface area (Å²) in [7, 11) is 3.92. The smallest absolute Gasteiger partial charge is 0.225 e. The predicted molar refractivity (Wildman–Crippen MR) is 67.7 cm³/mol. The van der Waals surface area contributed by atoms with Gasteiger partial charge in [0, 0.05) is 18.7 Å². The number of nitrogens with one attached hydrogen (secondary N) is 1. The van der Waals surface area contributed by atoms with Gasteiger partial charge in [0.2, 0.25) is 5.91 Å². The van der Waals surface area contributed by atoms with E-state index in [1.54, 1.807) is 0 Å². The quantitative estimate of drug-likeness (QED) is 0.843. The predicted octanol–water partition coefficient (Wildman–Crippen LogP) is 2.19. The Kier molecular flexibility index (Phi) is 4.50.